The standard InChI is InChI=1S/C14H19BrFNO/c1-2-11-9-17-6-5-14(11,18)8-10-7-12(16)3-4-13(10)15/h3-4,7,11,17-18H,2,5-6,8-9H2,1H3. The number of benzene rings is 1. The molecule has 4 heteroatoms. The van der Waals surface area contributed by atoms with Crippen molar-refractivity contribution < 1.29 is 9.50 Å². The molecule has 2 rings (SSSR count). The first kappa shape index (κ1) is 14.0. The lowest BCUT2D eigenvalue weighted by Crippen LogP contribution is -2.51. The lowest BCUT2D eigenvalue weighted by molar-refractivity contribution is -0.0415. The van der Waals surface area contributed by atoms with E-state index in [-0.39, 0.29) is 11.7 Å². The van der Waals surface area contributed by atoms with Gasteiger partial charge in [0.1, 0.15) is 5.82 Å². The molecule has 1 aromatic carbocycles. The minimum atomic E-state index is -0.726. The number of aliphatic hydroxyl groups is 1. The third-order valence-electron chi connectivity index (χ3n) is 3.88. The van der Waals surface area contributed by atoms with Gasteiger partial charge in [0, 0.05) is 23.4 Å². The summed E-state index contributed by atoms with van der Waals surface area (Å²) < 4.78 is 14.2. The summed E-state index contributed by atoms with van der Waals surface area (Å²) in [5.74, 6) is -0.0276. The van der Waals surface area contributed by atoms with Gasteiger partial charge in [0.15, 0.2) is 0 Å². The van der Waals surface area contributed by atoms with E-state index in [0.717, 1.165) is 29.5 Å². The monoisotopic (exact) mass is 315 g/mol. The smallest absolute Gasteiger partial charge is 0.123 e. The molecule has 1 aromatic rings. The highest BCUT2D eigenvalue weighted by molar-refractivity contribution is 9.10. The van der Waals surface area contributed by atoms with Crippen LogP contribution in [-0.2, 0) is 6.42 Å². The summed E-state index contributed by atoms with van der Waals surface area (Å²) in [5, 5.41) is 14.1. The first-order chi connectivity index (χ1) is 8.55. The average Bonchev–Trinajstić information content (AvgIpc) is 2.34. The maximum absolute atomic E-state index is 13.3. The van der Waals surface area contributed by atoms with Crippen molar-refractivity contribution in [1.82, 2.24) is 5.32 Å². The Hall–Kier alpha value is -0.450. The Morgan fingerprint density at radius 3 is 3.06 bits per heavy atom. The van der Waals surface area contributed by atoms with Crippen LogP contribution in [0.3, 0.4) is 0 Å². The Labute approximate surface area is 116 Å². The number of halogens is 2. The lowest BCUT2D eigenvalue weighted by atomic mass is 9.76. The van der Waals surface area contributed by atoms with Crippen LogP contribution in [0.4, 0.5) is 4.39 Å². The number of nitrogens with one attached hydrogen (secondary N) is 1. The number of piperidine rings is 1. The van der Waals surface area contributed by atoms with Crippen molar-refractivity contribution in [3.63, 3.8) is 0 Å². The van der Waals surface area contributed by atoms with Crippen LogP contribution in [0.15, 0.2) is 22.7 Å². The molecule has 1 aliphatic heterocycles. The summed E-state index contributed by atoms with van der Waals surface area (Å²) in [6, 6.07) is 4.64. The second kappa shape index (κ2) is 5.68. The highest BCUT2D eigenvalue weighted by Gasteiger charge is 2.38. The van der Waals surface area contributed by atoms with Gasteiger partial charge in [-0.2, -0.15) is 0 Å². The maximum atomic E-state index is 13.3. The second-order valence-electron chi connectivity index (χ2n) is 5.08. The first-order valence-corrected chi connectivity index (χ1v) is 7.21. The maximum Gasteiger partial charge on any atom is 0.123 e. The molecule has 1 aliphatic rings. The van der Waals surface area contributed by atoms with Crippen molar-refractivity contribution in [3.05, 3.63) is 34.1 Å². The normalized spacial score (nSPS) is 28.3. The van der Waals surface area contributed by atoms with Crippen molar-refractivity contribution in [2.24, 2.45) is 5.92 Å². The molecule has 0 amide bonds. The molecule has 2 atom stereocenters. The van der Waals surface area contributed by atoms with Crippen molar-refractivity contribution in [1.29, 1.82) is 0 Å². The van der Waals surface area contributed by atoms with Gasteiger partial charge >= 0.3 is 0 Å². The van der Waals surface area contributed by atoms with Crippen LogP contribution in [0.25, 0.3) is 0 Å². The Morgan fingerprint density at radius 1 is 1.56 bits per heavy atom. The molecule has 2 N–H and O–H groups in total. The van der Waals surface area contributed by atoms with Gasteiger partial charge in [0.2, 0.25) is 0 Å². The van der Waals surface area contributed by atoms with Crippen LogP contribution in [0.1, 0.15) is 25.3 Å². The highest BCUT2D eigenvalue weighted by Crippen LogP contribution is 2.33. The summed E-state index contributed by atoms with van der Waals surface area (Å²) in [7, 11) is 0. The largest absolute Gasteiger partial charge is 0.389 e. The molecule has 100 valence electrons. The van der Waals surface area contributed by atoms with Crippen molar-refractivity contribution in [3.8, 4) is 0 Å². The van der Waals surface area contributed by atoms with E-state index in [9.17, 15) is 9.50 Å². The topological polar surface area (TPSA) is 32.3 Å². The molecule has 0 radical (unpaired) electrons. The molecule has 0 aliphatic carbocycles. The van der Waals surface area contributed by atoms with Crippen LogP contribution in [0.5, 0.6) is 0 Å². The lowest BCUT2D eigenvalue weighted by Gasteiger charge is -2.40. The Morgan fingerprint density at radius 2 is 2.33 bits per heavy atom. The van der Waals surface area contributed by atoms with Crippen molar-refractivity contribution >= 4 is 15.9 Å². The molecule has 0 spiro atoms. The molecule has 0 saturated carbocycles. The molecule has 1 saturated heterocycles. The molecule has 2 nitrogen and oxygen atoms in total. The summed E-state index contributed by atoms with van der Waals surface area (Å²) in [4.78, 5) is 0. The average molecular weight is 316 g/mol. The van der Waals surface area contributed by atoms with Gasteiger partial charge in [-0.3, -0.25) is 0 Å². The van der Waals surface area contributed by atoms with Gasteiger partial charge in [-0.1, -0.05) is 22.9 Å². The van der Waals surface area contributed by atoms with E-state index in [1.807, 2.05) is 0 Å². The van der Waals surface area contributed by atoms with Crippen LogP contribution in [0.2, 0.25) is 0 Å². The van der Waals surface area contributed by atoms with Crippen LogP contribution >= 0.6 is 15.9 Å². The Bertz CT molecular complexity index is 426. The summed E-state index contributed by atoms with van der Waals surface area (Å²) in [6.07, 6.45) is 2.15. The fourth-order valence-corrected chi connectivity index (χ4v) is 3.13. The number of rotatable bonds is 3. The van der Waals surface area contributed by atoms with Gasteiger partial charge < -0.3 is 10.4 Å². The molecular formula is C14H19BrFNO. The van der Waals surface area contributed by atoms with Gasteiger partial charge in [0.05, 0.1) is 5.60 Å². The van der Waals surface area contributed by atoms with Crippen molar-refractivity contribution in [2.75, 3.05) is 13.1 Å². The highest BCUT2D eigenvalue weighted by atomic mass is 79.9. The fraction of sp³-hybridized carbons (Fsp3) is 0.571. The minimum Gasteiger partial charge on any atom is -0.389 e. The zero-order valence-corrected chi connectivity index (χ0v) is 12.1. The van der Waals surface area contributed by atoms with Crippen LogP contribution in [-0.4, -0.2) is 23.8 Å². The SMILES string of the molecule is CCC1CNCCC1(O)Cc1cc(F)ccc1Br. The predicted molar refractivity (Wildman–Crippen MR) is 74.0 cm³/mol. The minimum absolute atomic E-state index is 0.224. The van der Waals surface area contributed by atoms with E-state index in [0.29, 0.717) is 12.8 Å². The molecule has 0 aromatic heterocycles. The van der Waals surface area contributed by atoms with E-state index in [1.54, 1.807) is 6.07 Å². The quantitative estimate of drug-likeness (QED) is 0.899. The molecule has 2 unspecified atom stereocenters. The van der Waals surface area contributed by atoms with Gasteiger partial charge in [-0.25, -0.2) is 4.39 Å². The summed E-state index contributed by atoms with van der Waals surface area (Å²) >= 11 is 3.43. The second-order valence-corrected chi connectivity index (χ2v) is 5.93. The Kier molecular flexibility index (Phi) is 4.41. The number of hydrogen-bond acceptors (Lipinski definition) is 2. The zero-order chi connectivity index (χ0) is 13.2. The molecular weight excluding hydrogens is 297 g/mol. The predicted octanol–water partition coefficient (Wildman–Crippen LogP) is 2.88. The third kappa shape index (κ3) is 2.92. The molecule has 1 heterocycles. The van der Waals surface area contributed by atoms with Gasteiger partial charge in [0.25, 0.3) is 0 Å². The Balaban J connectivity index is 2.22. The number of hydrogen-bond donors (Lipinski definition) is 2. The van der Waals surface area contributed by atoms with Crippen molar-refractivity contribution in [2.45, 2.75) is 31.8 Å². The van der Waals surface area contributed by atoms with E-state index >= 15 is 0 Å². The first-order valence-electron chi connectivity index (χ1n) is 6.42. The summed E-state index contributed by atoms with van der Waals surface area (Å²) in [5.41, 5.74) is 0.119. The molecule has 0 bridgehead atoms. The van der Waals surface area contributed by atoms with E-state index in [2.05, 4.69) is 28.2 Å². The van der Waals surface area contributed by atoms with Crippen LogP contribution in [0, 0.1) is 11.7 Å². The van der Waals surface area contributed by atoms with Gasteiger partial charge in [-0.05, 0) is 43.1 Å². The fourth-order valence-electron chi connectivity index (χ4n) is 2.74. The van der Waals surface area contributed by atoms with Crippen LogP contribution < -0.4 is 5.32 Å². The molecule has 1 fully saturated rings. The van der Waals surface area contributed by atoms with E-state index in [1.165, 1.54) is 12.1 Å². The van der Waals surface area contributed by atoms with Gasteiger partial charge in [-0.15, -0.1) is 0 Å². The zero-order valence-electron chi connectivity index (χ0n) is 10.5. The van der Waals surface area contributed by atoms with E-state index < -0.39 is 5.60 Å². The van der Waals surface area contributed by atoms with E-state index in [4.69, 9.17) is 0 Å². The summed E-state index contributed by atoms with van der Waals surface area (Å²) in [6.45, 7) is 3.74. The third-order valence-corrected chi connectivity index (χ3v) is 4.66. The molecule has 18 heavy (non-hydrogen) atoms.